The summed E-state index contributed by atoms with van der Waals surface area (Å²) in [6.07, 6.45) is 15.1. The van der Waals surface area contributed by atoms with Crippen LogP contribution in [0.3, 0.4) is 0 Å². The molecule has 0 saturated carbocycles. The minimum Gasteiger partial charge on any atom is -0.489 e. The molecular weight excluding hydrogens is 498 g/mol. The Morgan fingerprint density at radius 1 is 0.711 bits per heavy atom. The summed E-state index contributed by atoms with van der Waals surface area (Å²) in [5, 5.41) is 5.13. The Morgan fingerprint density at radius 2 is 1.18 bits per heavy atom. The van der Waals surface area contributed by atoms with Gasteiger partial charge < -0.3 is 9.47 Å². The molecule has 2 aromatic rings. The van der Waals surface area contributed by atoms with Gasteiger partial charge >= 0.3 is 5.97 Å². The first-order valence-corrected chi connectivity index (χ1v) is 15.6. The standard InChI is InChI=1S/C31H47NO5S/c1-31(2,3)37-30(33)16-14-12-10-8-6-4-5-7-9-11-13-15-26-17-21-28(22-18-26)36-25-27-19-23-29(24-20-27)38(32,34)35/h17-24H,4-16,25H2,1-3H3,(H2,32,34,35). The van der Waals surface area contributed by atoms with Crippen LogP contribution in [0, 0.1) is 0 Å². The molecule has 38 heavy (non-hydrogen) atoms. The van der Waals surface area contributed by atoms with Crippen molar-refractivity contribution < 1.29 is 22.7 Å². The zero-order valence-electron chi connectivity index (χ0n) is 23.5. The van der Waals surface area contributed by atoms with Crippen LogP contribution in [0.4, 0.5) is 0 Å². The van der Waals surface area contributed by atoms with Crippen LogP contribution in [0.5, 0.6) is 5.75 Å². The molecule has 0 heterocycles. The molecule has 0 aliphatic carbocycles. The first-order chi connectivity index (χ1) is 18.0. The average molecular weight is 546 g/mol. The molecule has 0 spiro atoms. The third-order valence-corrected chi connectivity index (χ3v) is 7.28. The van der Waals surface area contributed by atoms with E-state index in [1.54, 1.807) is 12.1 Å². The third kappa shape index (κ3) is 14.5. The summed E-state index contributed by atoms with van der Waals surface area (Å²) < 4.78 is 33.8. The smallest absolute Gasteiger partial charge is 0.306 e. The van der Waals surface area contributed by atoms with Crippen molar-refractivity contribution in [2.45, 2.75) is 121 Å². The van der Waals surface area contributed by atoms with Crippen molar-refractivity contribution in [1.29, 1.82) is 0 Å². The molecule has 6 nitrogen and oxygen atoms in total. The lowest BCUT2D eigenvalue weighted by atomic mass is 10.0. The summed E-state index contributed by atoms with van der Waals surface area (Å²) in [7, 11) is -3.67. The topological polar surface area (TPSA) is 95.7 Å². The highest BCUT2D eigenvalue weighted by Crippen LogP contribution is 2.18. The predicted octanol–water partition coefficient (Wildman–Crippen LogP) is 7.48. The largest absolute Gasteiger partial charge is 0.489 e. The van der Waals surface area contributed by atoms with E-state index in [4.69, 9.17) is 14.6 Å². The number of nitrogens with two attached hydrogens (primary N) is 1. The highest BCUT2D eigenvalue weighted by molar-refractivity contribution is 7.89. The number of hydrogen-bond acceptors (Lipinski definition) is 5. The van der Waals surface area contributed by atoms with E-state index in [2.05, 4.69) is 12.1 Å². The van der Waals surface area contributed by atoms with Gasteiger partial charge in [0.25, 0.3) is 0 Å². The molecule has 0 bridgehead atoms. The van der Waals surface area contributed by atoms with E-state index in [9.17, 15) is 13.2 Å². The number of hydrogen-bond donors (Lipinski definition) is 1. The van der Waals surface area contributed by atoms with Crippen molar-refractivity contribution >= 4 is 16.0 Å². The number of carbonyl (C=O) groups is 1. The number of carbonyl (C=O) groups excluding carboxylic acids is 1. The third-order valence-electron chi connectivity index (χ3n) is 6.35. The van der Waals surface area contributed by atoms with E-state index in [1.165, 1.54) is 75.5 Å². The highest BCUT2D eigenvalue weighted by Gasteiger charge is 2.15. The van der Waals surface area contributed by atoms with E-state index in [0.717, 1.165) is 30.6 Å². The first-order valence-electron chi connectivity index (χ1n) is 14.1. The lowest BCUT2D eigenvalue weighted by molar-refractivity contribution is -0.154. The number of primary sulfonamides is 1. The quantitative estimate of drug-likeness (QED) is 0.155. The molecule has 212 valence electrons. The van der Waals surface area contributed by atoms with Gasteiger partial charge in [-0.25, -0.2) is 13.6 Å². The minimum absolute atomic E-state index is 0.0754. The summed E-state index contributed by atoms with van der Waals surface area (Å²) in [4.78, 5) is 11.8. The Hall–Kier alpha value is -2.38. The van der Waals surface area contributed by atoms with Gasteiger partial charge in [-0.15, -0.1) is 0 Å². The Bertz CT molecular complexity index is 1040. The molecule has 2 N–H and O–H groups in total. The normalized spacial score (nSPS) is 11.9. The average Bonchev–Trinajstić information content (AvgIpc) is 2.85. The van der Waals surface area contributed by atoms with Crippen LogP contribution >= 0.6 is 0 Å². The van der Waals surface area contributed by atoms with Gasteiger partial charge in [-0.05, 0) is 75.4 Å². The van der Waals surface area contributed by atoms with Gasteiger partial charge in [0.2, 0.25) is 10.0 Å². The highest BCUT2D eigenvalue weighted by atomic mass is 32.2. The molecule has 0 fully saturated rings. The maximum atomic E-state index is 11.7. The number of unbranched alkanes of at least 4 members (excludes halogenated alkanes) is 10. The van der Waals surface area contributed by atoms with Crippen molar-refractivity contribution in [3.63, 3.8) is 0 Å². The van der Waals surface area contributed by atoms with Crippen LogP contribution in [0.2, 0.25) is 0 Å². The van der Waals surface area contributed by atoms with Crippen LogP contribution in [-0.2, 0) is 32.6 Å². The van der Waals surface area contributed by atoms with Gasteiger partial charge in [0.05, 0.1) is 4.90 Å². The van der Waals surface area contributed by atoms with Gasteiger partial charge in [-0.3, -0.25) is 4.79 Å². The van der Waals surface area contributed by atoms with E-state index < -0.39 is 10.0 Å². The van der Waals surface area contributed by atoms with Crippen LogP contribution in [0.15, 0.2) is 53.4 Å². The fourth-order valence-electron chi connectivity index (χ4n) is 4.28. The van der Waals surface area contributed by atoms with Crippen LogP contribution in [-0.4, -0.2) is 20.0 Å². The molecule has 0 amide bonds. The van der Waals surface area contributed by atoms with E-state index in [1.807, 2.05) is 32.9 Å². The Labute approximate surface area is 230 Å². The summed E-state index contributed by atoms with van der Waals surface area (Å²) in [5.41, 5.74) is 1.83. The number of ether oxygens (including phenoxy) is 2. The van der Waals surface area contributed by atoms with Crippen molar-refractivity contribution in [2.24, 2.45) is 5.14 Å². The van der Waals surface area contributed by atoms with Crippen molar-refractivity contribution in [3.05, 3.63) is 59.7 Å². The molecule has 2 aromatic carbocycles. The number of esters is 1. The zero-order chi connectivity index (χ0) is 27.9. The number of aryl methyl sites for hydroxylation is 1. The Kier molecular flexibility index (Phi) is 13.9. The molecule has 0 radical (unpaired) electrons. The van der Waals surface area contributed by atoms with Gasteiger partial charge in [-0.1, -0.05) is 82.1 Å². The lowest BCUT2D eigenvalue weighted by Gasteiger charge is -2.19. The molecule has 0 saturated heterocycles. The van der Waals surface area contributed by atoms with Crippen LogP contribution in [0.1, 0.15) is 109 Å². The second-order valence-electron chi connectivity index (χ2n) is 11.1. The predicted molar refractivity (Wildman–Crippen MR) is 154 cm³/mol. The Morgan fingerprint density at radius 3 is 1.68 bits per heavy atom. The van der Waals surface area contributed by atoms with E-state index in [-0.39, 0.29) is 16.5 Å². The van der Waals surface area contributed by atoms with Crippen LogP contribution in [0.25, 0.3) is 0 Å². The van der Waals surface area contributed by atoms with Crippen LogP contribution < -0.4 is 9.88 Å². The summed E-state index contributed by atoms with van der Waals surface area (Å²) in [5.74, 6) is 0.723. The SMILES string of the molecule is CC(C)(C)OC(=O)CCCCCCCCCCCCCc1ccc(OCc2ccc(S(N)(=O)=O)cc2)cc1. The van der Waals surface area contributed by atoms with Crippen molar-refractivity contribution in [2.75, 3.05) is 0 Å². The summed E-state index contributed by atoms with van der Waals surface area (Å²) in [6, 6.07) is 14.6. The maximum absolute atomic E-state index is 11.7. The lowest BCUT2D eigenvalue weighted by Crippen LogP contribution is -2.23. The fraction of sp³-hybridized carbons (Fsp3) is 0.581. The molecule has 0 aromatic heterocycles. The van der Waals surface area contributed by atoms with Gasteiger partial charge in [0.15, 0.2) is 0 Å². The van der Waals surface area contributed by atoms with Crippen molar-refractivity contribution in [1.82, 2.24) is 0 Å². The molecular formula is C31H47NO5S. The fourth-order valence-corrected chi connectivity index (χ4v) is 4.79. The van der Waals surface area contributed by atoms with E-state index in [0.29, 0.717) is 13.0 Å². The molecule has 2 rings (SSSR count). The summed E-state index contributed by atoms with van der Waals surface area (Å²) in [6.45, 7) is 6.11. The first kappa shape index (κ1) is 31.8. The Balaban J connectivity index is 1.44. The molecule has 0 unspecified atom stereocenters. The molecule has 7 heteroatoms. The number of benzene rings is 2. The second kappa shape index (κ2) is 16.6. The molecule has 0 atom stereocenters. The number of sulfonamides is 1. The van der Waals surface area contributed by atoms with Crippen molar-refractivity contribution in [3.8, 4) is 5.75 Å². The van der Waals surface area contributed by atoms with E-state index >= 15 is 0 Å². The zero-order valence-corrected chi connectivity index (χ0v) is 24.4. The van der Waals surface area contributed by atoms with Gasteiger partial charge in [0, 0.05) is 6.42 Å². The van der Waals surface area contributed by atoms with Gasteiger partial charge in [0.1, 0.15) is 18.0 Å². The molecule has 0 aliphatic heterocycles. The second-order valence-corrected chi connectivity index (χ2v) is 12.7. The van der Waals surface area contributed by atoms with Gasteiger partial charge in [-0.2, -0.15) is 0 Å². The molecule has 0 aliphatic rings. The summed E-state index contributed by atoms with van der Waals surface area (Å²) >= 11 is 0. The minimum atomic E-state index is -3.67. The maximum Gasteiger partial charge on any atom is 0.306 e. The monoisotopic (exact) mass is 545 g/mol. The number of rotatable bonds is 18.